The largest absolute Gasteiger partial charge is 0.502 e. The van der Waals surface area contributed by atoms with Crippen LogP contribution in [0.5, 0.6) is 5.75 Å². The average molecular weight is 178 g/mol. The molecule has 0 fully saturated rings. The summed E-state index contributed by atoms with van der Waals surface area (Å²) in [6, 6.07) is 4.41. The molecule has 5 heteroatoms. The number of fused-ring (bicyclic) bond motifs is 1. The molecule has 0 unspecified atom stereocenters. The number of aromatic nitrogens is 1. The number of rotatable bonds is 1. The lowest BCUT2D eigenvalue weighted by molar-refractivity contribution is -0.385. The van der Waals surface area contributed by atoms with Crippen molar-refractivity contribution in [3.05, 3.63) is 34.5 Å². The SMILES string of the molecule is O=[N+]([O-])c1cc2[nH]ccc2cc1O. The Balaban J connectivity index is 2.76. The van der Waals surface area contributed by atoms with Gasteiger partial charge in [-0.1, -0.05) is 0 Å². The van der Waals surface area contributed by atoms with Crippen LogP contribution in [0.3, 0.4) is 0 Å². The van der Waals surface area contributed by atoms with Gasteiger partial charge in [-0.3, -0.25) is 10.1 Å². The van der Waals surface area contributed by atoms with E-state index in [4.69, 9.17) is 0 Å². The maximum atomic E-state index is 10.4. The molecule has 0 aliphatic heterocycles. The van der Waals surface area contributed by atoms with E-state index >= 15 is 0 Å². The van der Waals surface area contributed by atoms with Gasteiger partial charge in [0.05, 0.1) is 10.4 Å². The minimum atomic E-state index is -0.615. The predicted molar refractivity (Wildman–Crippen MR) is 46.6 cm³/mol. The summed E-state index contributed by atoms with van der Waals surface area (Å²) in [6.45, 7) is 0. The van der Waals surface area contributed by atoms with E-state index in [9.17, 15) is 15.2 Å². The second kappa shape index (κ2) is 2.48. The zero-order valence-corrected chi connectivity index (χ0v) is 6.52. The number of nitrogens with one attached hydrogen (secondary N) is 1. The zero-order valence-electron chi connectivity index (χ0n) is 6.52. The molecule has 0 saturated heterocycles. The number of nitrogens with zero attached hydrogens (tertiary/aromatic N) is 1. The normalized spacial score (nSPS) is 10.5. The van der Waals surface area contributed by atoms with Crippen LogP contribution in [0.25, 0.3) is 10.9 Å². The Bertz CT molecular complexity index is 475. The third kappa shape index (κ3) is 1.10. The number of aromatic amines is 1. The number of hydrogen-bond donors (Lipinski definition) is 2. The lowest BCUT2D eigenvalue weighted by Crippen LogP contribution is -1.87. The van der Waals surface area contributed by atoms with Crippen molar-refractivity contribution in [3.8, 4) is 5.75 Å². The van der Waals surface area contributed by atoms with Crippen LogP contribution in [0, 0.1) is 10.1 Å². The quantitative estimate of drug-likeness (QED) is 0.516. The maximum absolute atomic E-state index is 10.4. The summed E-state index contributed by atoms with van der Waals surface area (Å²) in [4.78, 5) is 12.6. The fourth-order valence-electron chi connectivity index (χ4n) is 1.22. The van der Waals surface area contributed by atoms with Crippen molar-refractivity contribution in [2.24, 2.45) is 0 Å². The topological polar surface area (TPSA) is 79.2 Å². The fourth-order valence-corrected chi connectivity index (χ4v) is 1.22. The van der Waals surface area contributed by atoms with E-state index < -0.39 is 4.92 Å². The summed E-state index contributed by atoms with van der Waals surface area (Å²) in [7, 11) is 0. The van der Waals surface area contributed by atoms with Gasteiger partial charge in [-0.25, -0.2) is 0 Å². The number of benzene rings is 1. The van der Waals surface area contributed by atoms with Crippen molar-refractivity contribution < 1.29 is 10.0 Å². The van der Waals surface area contributed by atoms with Gasteiger partial charge >= 0.3 is 5.69 Å². The van der Waals surface area contributed by atoms with Gasteiger partial charge < -0.3 is 10.1 Å². The molecule has 66 valence electrons. The number of nitro groups is 1. The summed E-state index contributed by atoms with van der Waals surface area (Å²) >= 11 is 0. The molecule has 0 aliphatic rings. The van der Waals surface area contributed by atoms with Crippen molar-refractivity contribution in [2.75, 3.05) is 0 Å². The number of aromatic hydroxyl groups is 1. The van der Waals surface area contributed by atoms with Crippen molar-refractivity contribution >= 4 is 16.6 Å². The van der Waals surface area contributed by atoms with E-state index in [2.05, 4.69) is 4.98 Å². The minimum absolute atomic E-state index is 0.282. The lowest BCUT2D eigenvalue weighted by Gasteiger charge is -1.95. The number of nitro benzene ring substituents is 1. The third-order valence-corrected chi connectivity index (χ3v) is 1.85. The average Bonchev–Trinajstić information content (AvgIpc) is 2.48. The van der Waals surface area contributed by atoms with Gasteiger partial charge in [-0.2, -0.15) is 0 Å². The number of phenolic OH excluding ortho intramolecular Hbond substituents is 1. The molecule has 0 amide bonds. The summed E-state index contributed by atoms with van der Waals surface area (Å²) in [6.07, 6.45) is 1.66. The van der Waals surface area contributed by atoms with Crippen LogP contribution in [-0.2, 0) is 0 Å². The van der Waals surface area contributed by atoms with Crippen LogP contribution >= 0.6 is 0 Å². The molecule has 0 atom stereocenters. The zero-order chi connectivity index (χ0) is 9.42. The van der Waals surface area contributed by atoms with Gasteiger partial charge in [0.15, 0.2) is 5.75 Å². The van der Waals surface area contributed by atoms with Crippen molar-refractivity contribution in [3.63, 3.8) is 0 Å². The predicted octanol–water partition coefficient (Wildman–Crippen LogP) is 1.78. The smallest absolute Gasteiger partial charge is 0.312 e. The Morgan fingerprint density at radius 1 is 1.46 bits per heavy atom. The van der Waals surface area contributed by atoms with E-state index in [0.717, 1.165) is 5.39 Å². The van der Waals surface area contributed by atoms with E-state index in [-0.39, 0.29) is 11.4 Å². The first-order valence-electron chi connectivity index (χ1n) is 3.63. The maximum Gasteiger partial charge on any atom is 0.312 e. The Morgan fingerprint density at radius 3 is 2.92 bits per heavy atom. The van der Waals surface area contributed by atoms with Crippen molar-refractivity contribution in [1.29, 1.82) is 0 Å². The first kappa shape index (κ1) is 7.60. The fraction of sp³-hybridized carbons (Fsp3) is 0. The van der Waals surface area contributed by atoms with E-state index in [1.165, 1.54) is 12.1 Å². The molecule has 0 spiro atoms. The van der Waals surface area contributed by atoms with Crippen LogP contribution in [0.4, 0.5) is 5.69 Å². The van der Waals surface area contributed by atoms with Gasteiger partial charge in [0.1, 0.15) is 0 Å². The van der Waals surface area contributed by atoms with Crippen LogP contribution in [0.1, 0.15) is 0 Å². The molecule has 5 nitrogen and oxygen atoms in total. The van der Waals surface area contributed by atoms with Crippen LogP contribution in [0.2, 0.25) is 0 Å². The van der Waals surface area contributed by atoms with Crippen molar-refractivity contribution in [2.45, 2.75) is 0 Å². The second-order valence-electron chi connectivity index (χ2n) is 2.66. The molecule has 0 radical (unpaired) electrons. The molecule has 13 heavy (non-hydrogen) atoms. The molecule has 0 bridgehead atoms. The monoisotopic (exact) mass is 178 g/mol. The highest BCUT2D eigenvalue weighted by atomic mass is 16.6. The van der Waals surface area contributed by atoms with E-state index in [0.29, 0.717) is 5.52 Å². The highest BCUT2D eigenvalue weighted by Crippen LogP contribution is 2.29. The van der Waals surface area contributed by atoms with Crippen LogP contribution in [0.15, 0.2) is 24.4 Å². The minimum Gasteiger partial charge on any atom is -0.502 e. The molecule has 0 saturated carbocycles. The Hall–Kier alpha value is -2.04. The summed E-state index contributed by atoms with van der Waals surface area (Å²) in [5, 5.41) is 20.4. The highest BCUT2D eigenvalue weighted by Gasteiger charge is 2.13. The molecule has 2 aromatic rings. The van der Waals surface area contributed by atoms with E-state index in [1.54, 1.807) is 12.3 Å². The molecule has 1 aromatic heterocycles. The Kier molecular flexibility index (Phi) is 1.45. The second-order valence-corrected chi connectivity index (χ2v) is 2.66. The number of H-pyrrole nitrogens is 1. The summed E-state index contributed by atoms with van der Waals surface area (Å²) < 4.78 is 0. The molecular weight excluding hydrogens is 172 g/mol. The summed E-state index contributed by atoms with van der Waals surface area (Å²) in [5.74, 6) is -0.308. The van der Waals surface area contributed by atoms with E-state index in [1.807, 2.05) is 0 Å². The Morgan fingerprint density at radius 2 is 2.23 bits per heavy atom. The van der Waals surface area contributed by atoms with Crippen LogP contribution in [-0.4, -0.2) is 15.0 Å². The lowest BCUT2D eigenvalue weighted by atomic mass is 10.2. The van der Waals surface area contributed by atoms with Crippen LogP contribution < -0.4 is 0 Å². The molecular formula is C8H6N2O3. The molecule has 1 heterocycles. The third-order valence-electron chi connectivity index (χ3n) is 1.85. The van der Waals surface area contributed by atoms with Gasteiger partial charge in [0.25, 0.3) is 0 Å². The van der Waals surface area contributed by atoms with Gasteiger partial charge in [0.2, 0.25) is 0 Å². The number of hydrogen-bond acceptors (Lipinski definition) is 3. The molecule has 2 N–H and O–H groups in total. The molecule has 2 rings (SSSR count). The van der Waals surface area contributed by atoms with Gasteiger partial charge in [-0.05, 0) is 12.1 Å². The standard InChI is InChI=1S/C8H6N2O3/c11-8-3-5-1-2-9-6(5)4-7(8)10(12)13/h1-4,9,11H. The van der Waals surface area contributed by atoms with Gasteiger partial charge in [-0.15, -0.1) is 0 Å². The Labute approximate surface area is 72.8 Å². The molecule has 1 aromatic carbocycles. The highest BCUT2D eigenvalue weighted by molar-refractivity contribution is 5.84. The van der Waals surface area contributed by atoms with Gasteiger partial charge in [0, 0.05) is 17.6 Å². The summed E-state index contributed by atoms with van der Waals surface area (Å²) in [5.41, 5.74) is 0.361. The van der Waals surface area contributed by atoms with Crippen molar-refractivity contribution in [1.82, 2.24) is 4.98 Å². The first-order chi connectivity index (χ1) is 6.18. The first-order valence-corrected chi connectivity index (χ1v) is 3.63. The molecule has 0 aliphatic carbocycles. The number of phenols is 1.